The van der Waals surface area contributed by atoms with Gasteiger partial charge in [-0.1, -0.05) is 35.0 Å². The summed E-state index contributed by atoms with van der Waals surface area (Å²) in [6.45, 7) is 4.95. The van der Waals surface area contributed by atoms with E-state index in [0.717, 1.165) is 6.07 Å². The maximum Gasteiger partial charge on any atom is 0.417 e. The molecule has 176 valence electrons. The molecule has 3 aromatic rings. The van der Waals surface area contributed by atoms with E-state index in [1.54, 1.807) is 46.0 Å². The summed E-state index contributed by atoms with van der Waals surface area (Å²) in [5.74, 6) is 0.683. The van der Waals surface area contributed by atoms with Crippen molar-refractivity contribution in [3.63, 3.8) is 0 Å². The molecule has 0 radical (unpaired) electrons. The van der Waals surface area contributed by atoms with Crippen molar-refractivity contribution in [1.82, 2.24) is 14.8 Å². The summed E-state index contributed by atoms with van der Waals surface area (Å²) in [6, 6.07) is 9.18. The average Bonchev–Trinajstić information content (AvgIpc) is 3.15. The number of aromatic nitrogens is 3. The Morgan fingerprint density at radius 1 is 1.18 bits per heavy atom. The molecule has 11 heteroatoms. The third-order valence-corrected chi connectivity index (χ3v) is 5.40. The van der Waals surface area contributed by atoms with E-state index in [9.17, 15) is 13.2 Å². The lowest BCUT2D eigenvalue weighted by molar-refractivity contribution is -0.137. The molecule has 0 saturated carbocycles. The van der Waals surface area contributed by atoms with Crippen LogP contribution in [0.3, 0.4) is 0 Å². The zero-order valence-corrected chi connectivity index (χ0v) is 19.1. The summed E-state index contributed by atoms with van der Waals surface area (Å²) in [6.07, 6.45) is -4.55. The van der Waals surface area contributed by atoms with E-state index in [1.807, 2.05) is 0 Å². The van der Waals surface area contributed by atoms with Crippen LogP contribution in [-0.2, 0) is 18.8 Å². The molecule has 0 aliphatic rings. The molecular weight excluding hydrogens is 459 g/mol. The lowest BCUT2D eigenvalue weighted by Crippen LogP contribution is -2.30. The van der Waals surface area contributed by atoms with E-state index in [1.165, 1.54) is 22.8 Å². The minimum atomic E-state index is -4.55. The van der Waals surface area contributed by atoms with E-state index in [4.69, 9.17) is 27.3 Å². The van der Waals surface area contributed by atoms with Crippen LogP contribution in [0.1, 0.15) is 43.8 Å². The van der Waals surface area contributed by atoms with E-state index >= 15 is 0 Å². The number of hydrogen-bond donors (Lipinski definition) is 2. The monoisotopic (exact) mass is 481 g/mol. The highest BCUT2D eigenvalue weighted by Gasteiger charge is 2.36. The average molecular weight is 482 g/mol. The molecule has 0 fully saturated rings. The number of alkyl halides is 3. The van der Waals surface area contributed by atoms with Crippen molar-refractivity contribution in [3.8, 4) is 17.1 Å². The summed E-state index contributed by atoms with van der Waals surface area (Å²) < 4.78 is 48.2. The second kappa shape index (κ2) is 9.03. The van der Waals surface area contributed by atoms with E-state index in [-0.39, 0.29) is 22.9 Å². The van der Waals surface area contributed by atoms with Gasteiger partial charge in [0.1, 0.15) is 5.75 Å². The molecule has 0 bridgehead atoms. The molecule has 1 atom stereocenters. The fourth-order valence-corrected chi connectivity index (χ4v) is 3.66. The van der Waals surface area contributed by atoms with Gasteiger partial charge in [-0.2, -0.15) is 13.2 Å². The fourth-order valence-electron chi connectivity index (χ4n) is 3.48. The number of hydrogen-bond acceptors (Lipinski definition) is 6. The SMILES string of the molecule is CC(=NO)C(N)c1cc(Cl)ccc1OC(C)(C)c1nnc(-c2ccccc2C(F)(F)F)n1C. The fraction of sp³-hybridized carbons (Fsp3) is 0.318. The van der Waals surface area contributed by atoms with Gasteiger partial charge in [0.25, 0.3) is 0 Å². The number of oxime groups is 1. The number of halogens is 4. The van der Waals surface area contributed by atoms with Crippen molar-refractivity contribution >= 4 is 17.3 Å². The van der Waals surface area contributed by atoms with E-state index in [2.05, 4.69) is 15.4 Å². The van der Waals surface area contributed by atoms with Crippen LogP contribution in [0, 0.1) is 0 Å². The van der Waals surface area contributed by atoms with Crippen LogP contribution in [0.5, 0.6) is 5.75 Å². The number of rotatable bonds is 6. The first kappa shape index (κ1) is 24.5. The van der Waals surface area contributed by atoms with Gasteiger partial charge in [-0.05, 0) is 45.0 Å². The van der Waals surface area contributed by atoms with Crippen molar-refractivity contribution in [3.05, 3.63) is 64.4 Å². The summed E-state index contributed by atoms with van der Waals surface area (Å²) in [5, 5.41) is 20.8. The molecule has 7 nitrogen and oxygen atoms in total. The highest BCUT2D eigenvalue weighted by atomic mass is 35.5. The van der Waals surface area contributed by atoms with Crippen molar-refractivity contribution in [2.75, 3.05) is 0 Å². The highest BCUT2D eigenvalue weighted by molar-refractivity contribution is 6.30. The first-order valence-electron chi connectivity index (χ1n) is 9.86. The standard InChI is InChI=1S/C22H23ClF3N5O2/c1-12(30-32)18(27)15-11-13(23)9-10-17(15)33-21(2,3)20-29-28-19(31(20)4)14-7-5-6-8-16(14)22(24,25)26/h5-11,18,32H,27H2,1-4H3. The molecule has 1 unspecified atom stereocenters. The van der Waals surface area contributed by atoms with Crippen molar-refractivity contribution < 1.29 is 23.1 Å². The summed E-state index contributed by atoms with van der Waals surface area (Å²) in [7, 11) is 1.57. The normalized spacial score (nSPS) is 13.8. The van der Waals surface area contributed by atoms with Gasteiger partial charge in [0.05, 0.1) is 17.3 Å². The number of ether oxygens (including phenoxy) is 1. The smallest absolute Gasteiger partial charge is 0.417 e. The first-order valence-corrected chi connectivity index (χ1v) is 10.2. The maximum atomic E-state index is 13.5. The first-order chi connectivity index (χ1) is 15.4. The highest BCUT2D eigenvalue weighted by Crippen LogP contribution is 2.38. The van der Waals surface area contributed by atoms with Crippen molar-refractivity contribution in [2.24, 2.45) is 17.9 Å². The second-order valence-electron chi connectivity index (χ2n) is 7.96. The maximum absolute atomic E-state index is 13.5. The van der Waals surface area contributed by atoms with Gasteiger partial charge in [-0.3, -0.25) is 0 Å². The van der Waals surface area contributed by atoms with Crippen LogP contribution >= 0.6 is 11.6 Å². The number of nitrogens with zero attached hydrogens (tertiary/aromatic N) is 4. The Morgan fingerprint density at radius 3 is 2.48 bits per heavy atom. The quantitative estimate of drug-likeness (QED) is 0.282. The molecule has 0 saturated heterocycles. The van der Waals surface area contributed by atoms with Gasteiger partial charge in [0.2, 0.25) is 0 Å². The lowest BCUT2D eigenvalue weighted by Gasteiger charge is -2.28. The summed E-state index contributed by atoms with van der Waals surface area (Å²) in [5.41, 5.74) is 4.86. The Hall–Kier alpha value is -3.11. The second-order valence-corrected chi connectivity index (χ2v) is 8.40. The van der Waals surface area contributed by atoms with Gasteiger partial charge in [-0.25, -0.2) is 0 Å². The van der Waals surface area contributed by atoms with Crippen LogP contribution in [0.15, 0.2) is 47.6 Å². The zero-order chi connectivity index (χ0) is 24.6. The Kier molecular flexibility index (Phi) is 6.71. The van der Waals surface area contributed by atoms with E-state index in [0.29, 0.717) is 16.3 Å². The van der Waals surface area contributed by atoms with Crippen LogP contribution in [0.2, 0.25) is 5.02 Å². The van der Waals surface area contributed by atoms with Crippen LogP contribution in [0.4, 0.5) is 13.2 Å². The largest absolute Gasteiger partial charge is 0.480 e. The van der Waals surface area contributed by atoms with Gasteiger partial charge < -0.3 is 20.2 Å². The third kappa shape index (κ3) is 4.96. The molecule has 1 heterocycles. The molecule has 0 aliphatic heterocycles. The third-order valence-electron chi connectivity index (χ3n) is 5.17. The molecule has 3 rings (SSSR count). The Bertz CT molecular complexity index is 1190. The van der Waals surface area contributed by atoms with Gasteiger partial charge in [-0.15, -0.1) is 10.2 Å². The Morgan fingerprint density at radius 2 is 1.85 bits per heavy atom. The Balaban J connectivity index is 2.03. The molecule has 1 aromatic heterocycles. The summed E-state index contributed by atoms with van der Waals surface area (Å²) in [4.78, 5) is 0. The predicted molar refractivity (Wildman–Crippen MR) is 118 cm³/mol. The minimum absolute atomic E-state index is 0.0471. The lowest BCUT2D eigenvalue weighted by atomic mass is 10.0. The number of nitrogens with two attached hydrogens (primary N) is 1. The van der Waals surface area contributed by atoms with Gasteiger partial charge in [0, 0.05) is 23.2 Å². The molecule has 3 N–H and O–H groups in total. The van der Waals surface area contributed by atoms with Crippen LogP contribution in [-0.4, -0.2) is 25.7 Å². The zero-order valence-electron chi connectivity index (χ0n) is 18.4. The molecule has 0 amide bonds. The predicted octanol–water partition coefficient (Wildman–Crippen LogP) is 5.32. The molecular formula is C22H23ClF3N5O2. The van der Waals surface area contributed by atoms with Crippen LogP contribution < -0.4 is 10.5 Å². The molecule has 0 spiro atoms. The van der Waals surface area contributed by atoms with Gasteiger partial charge >= 0.3 is 6.18 Å². The molecule has 33 heavy (non-hydrogen) atoms. The number of benzene rings is 2. The molecule has 0 aliphatic carbocycles. The Labute approximate surface area is 193 Å². The minimum Gasteiger partial charge on any atom is -0.480 e. The van der Waals surface area contributed by atoms with Crippen molar-refractivity contribution in [2.45, 2.75) is 38.6 Å². The topological polar surface area (TPSA) is 98.6 Å². The van der Waals surface area contributed by atoms with Crippen LogP contribution in [0.25, 0.3) is 11.4 Å². The van der Waals surface area contributed by atoms with Crippen molar-refractivity contribution in [1.29, 1.82) is 0 Å². The summed E-state index contributed by atoms with van der Waals surface area (Å²) >= 11 is 6.11. The van der Waals surface area contributed by atoms with E-state index < -0.39 is 23.4 Å². The van der Waals surface area contributed by atoms with Gasteiger partial charge in [0.15, 0.2) is 17.2 Å². The molecule has 2 aromatic carbocycles.